The van der Waals surface area contributed by atoms with Crippen molar-refractivity contribution in [1.82, 2.24) is 0 Å². The van der Waals surface area contributed by atoms with E-state index >= 15 is 0 Å². The molecule has 116 valence electrons. The SMILES string of the molecule is CCCCCc1c(Br)c(O)c([C@@H]2C=CCCC2)c(O)c1Br. The Morgan fingerprint density at radius 1 is 1.14 bits per heavy atom. The van der Waals surface area contributed by atoms with E-state index in [1.807, 2.05) is 0 Å². The molecule has 0 bridgehead atoms. The highest BCUT2D eigenvalue weighted by molar-refractivity contribution is 9.11. The molecule has 1 aromatic rings. The molecule has 0 aliphatic heterocycles. The van der Waals surface area contributed by atoms with E-state index in [2.05, 4.69) is 50.9 Å². The van der Waals surface area contributed by atoms with Crippen LogP contribution in [0.5, 0.6) is 11.5 Å². The third kappa shape index (κ3) is 3.65. The molecule has 0 spiro atoms. The molecule has 0 saturated carbocycles. The average Bonchev–Trinajstić information content (AvgIpc) is 2.50. The summed E-state index contributed by atoms with van der Waals surface area (Å²) in [4.78, 5) is 0. The zero-order valence-corrected chi connectivity index (χ0v) is 15.5. The van der Waals surface area contributed by atoms with Crippen LogP contribution < -0.4 is 0 Å². The van der Waals surface area contributed by atoms with Crippen LogP contribution in [0.4, 0.5) is 0 Å². The monoisotopic (exact) mass is 416 g/mol. The van der Waals surface area contributed by atoms with E-state index in [1.54, 1.807) is 0 Å². The minimum absolute atomic E-state index is 0.0936. The predicted octanol–water partition coefficient (Wildman–Crippen LogP) is 6.18. The molecule has 1 aliphatic rings. The minimum atomic E-state index is 0.0936. The van der Waals surface area contributed by atoms with Gasteiger partial charge < -0.3 is 10.2 Å². The summed E-state index contributed by atoms with van der Waals surface area (Å²) in [6.45, 7) is 2.16. The standard InChI is InChI=1S/C17H22Br2O2/c1-2-3-5-10-12-14(18)16(20)13(17(21)15(12)19)11-8-6-4-7-9-11/h6,8,11,20-21H,2-5,7,9-10H2,1H3/t11-/m1/s1. The molecular formula is C17H22Br2O2. The molecule has 0 saturated heterocycles. The Morgan fingerprint density at radius 3 is 2.33 bits per heavy atom. The lowest BCUT2D eigenvalue weighted by molar-refractivity contribution is 0.423. The van der Waals surface area contributed by atoms with Crippen LogP contribution in [0.15, 0.2) is 21.1 Å². The van der Waals surface area contributed by atoms with Crippen LogP contribution in [0.25, 0.3) is 0 Å². The van der Waals surface area contributed by atoms with E-state index in [0.29, 0.717) is 5.56 Å². The Bertz CT molecular complexity index is 509. The summed E-state index contributed by atoms with van der Waals surface area (Å²) in [5.74, 6) is 0.480. The van der Waals surface area contributed by atoms with E-state index in [-0.39, 0.29) is 17.4 Å². The molecule has 4 heteroatoms. The highest BCUT2D eigenvalue weighted by Crippen LogP contribution is 2.49. The molecule has 0 radical (unpaired) electrons. The highest BCUT2D eigenvalue weighted by Gasteiger charge is 2.25. The van der Waals surface area contributed by atoms with Gasteiger partial charge in [0.15, 0.2) is 0 Å². The van der Waals surface area contributed by atoms with Gasteiger partial charge in [-0.1, -0.05) is 31.9 Å². The van der Waals surface area contributed by atoms with E-state index in [0.717, 1.165) is 59.5 Å². The van der Waals surface area contributed by atoms with Crippen molar-refractivity contribution in [2.24, 2.45) is 0 Å². The molecule has 1 aromatic carbocycles. The molecule has 2 rings (SSSR count). The first-order valence-electron chi connectivity index (χ1n) is 7.66. The summed E-state index contributed by atoms with van der Waals surface area (Å²) in [5.41, 5.74) is 1.60. The number of benzene rings is 1. The number of hydrogen-bond acceptors (Lipinski definition) is 2. The fraction of sp³-hybridized carbons (Fsp3) is 0.529. The molecule has 0 aromatic heterocycles. The molecule has 1 aliphatic carbocycles. The van der Waals surface area contributed by atoms with Crippen LogP contribution in [0, 0.1) is 0 Å². The van der Waals surface area contributed by atoms with Crippen LogP contribution in [0.1, 0.15) is 62.5 Å². The lowest BCUT2D eigenvalue weighted by atomic mass is 9.87. The second kappa shape index (κ2) is 7.68. The summed E-state index contributed by atoms with van der Waals surface area (Å²) in [6, 6.07) is 0. The van der Waals surface area contributed by atoms with E-state index < -0.39 is 0 Å². The molecular weight excluding hydrogens is 396 g/mol. The number of unbranched alkanes of at least 4 members (excludes halogenated alkanes) is 2. The van der Waals surface area contributed by atoms with Gasteiger partial charge in [-0.25, -0.2) is 0 Å². The van der Waals surface area contributed by atoms with Gasteiger partial charge in [-0.2, -0.15) is 0 Å². The maximum Gasteiger partial charge on any atom is 0.137 e. The minimum Gasteiger partial charge on any atom is -0.506 e. The van der Waals surface area contributed by atoms with Crippen molar-refractivity contribution >= 4 is 31.9 Å². The smallest absolute Gasteiger partial charge is 0.137 e. The summed E-state index contributed by atoms with van der Waals surface area (Å²) >= 11 is 7.04. The summed E-state index contributed by atoms with van der Waals surface area (Å²) in [7, 11) is 0. The van der Waals surface area contributed by atoms with E-state index in [9.17, 15) is 10.2 Å². The van der Waals surface area contributed by atoms with Crippen LogP contribution in [0.2, 0.25) is 0 Å². The summed E-state index contributed by atoms with van der Waals surface area (Å²) in [5, 5.41) is 21.1. The van der Waals surface area contributed by atoms with Gasteiger partial charge in [0.05, 0.1) is 8.95 Å². The molecule has 0 unspecified atom stereocenters. The normalized spacial score (nSPS) is 18.1. The van der Waals surface area contributed by atoms with Gasteiger partial charge in [-0.05, 0) is 69.5 Å². The number of hydrogen-bond donors (Lipinski definition) is 2. The fourth-order valence-corrected chi connectivity index (χ4v) is 4.39. The predicted molar refractivity (Wildman–Crippen MR) is 94.1 cm³/mol. The maximum absolute atomic E-state index is 10.5. The van der Waals surface area contributed by atoms with E-state index in [4.69, 9.17) is 0 Å². The second-order valence-corrected chi connectivity index (χ2v) is 7.23. The fourth-order valence-electron chi connectivity index (χ4n) is 2.91. The first kappa shape index (κ1) is 16.9. The van der Waals surface area contributed by atoms with E-state index in [1.165, 1.54) is 0 Å². The van der Waals surface area contributed by atoms with Gasteiger partial charge in [0.1, 0.15) is 11.5 Å². The number of allylic oxidation sites excluding steroid dienone is 2. The highest BCUT2D eigenvalue weighted by atomic mass is 79.9. The van der Waals surface area contributed by atoms with Crippen molar-refractivity contribution in [2.75, 3.05) is 0 Å². The van der Waals surface area contributed by atoms with Gasteiger partial charge in [0.25, 0.3) is 0 Å². The zero-order chi connectivity index (χ0) is 15.4. The lowest BCUT2D eigenvalue weighted by Gasteiger charge is -2.22. The van der Waals surface area contributed by atoms with Crippen molar-refractivity contribution in [1.29, 1.82) is 0 Å². The molecule has 0 fully saturated rings. The van der Waals surface area contributed by atoms with Crippen molar-refractivity contribution in [3.63, 3.8) is 0 Å². The van der Waals surface area contributed by atoms with Crippen LogP contribution >= 0.6 is 31.9 Å². The zero-order valence-electron chi connectivity index (χ0n) is 12.3. The first-order valence-corrected chi connectivity index (χ1v) is 9.24. The third-order valence-corrected chi connectivity index (χ3v) is 5.82. The number of rotatable bonds is 5. The number of phenolic OH excluding ortho intramolecular Hbond substituents is 2. The second-order valence-electron chi connectivity index (χ2n) is 5.64. The third-order valence-electron chi connectivity index (χ3n) is 4.11. The first-order chi connectivity index (χ1) is 10.1. The number of halogens is 2. The molecule has 2 N–H and O–H groups in total. The Morgan fingerprint density at radius 2 is 1.81 bits per heavy atom. The van der Waals surface area contributed by atoms with Crippen molar-refractivity contribution < 1.29 is 10.2 Å². The number of phenols is 2. The Kier molecular flexibility index (Phi) is 6.18. The quantitative estimate of drug-likeness (QED) is 0.443. The Hall–Kier alpha value is -0.480. The Labute approximate surface area is 143 Å². The van der Waals surface area contributed by atoms with Crippen molar-refractivity contribution in [3.8, 4) is 11.5 Å². The van der Waals surface area contributed by atoms with Gasteiger partial charge in [0, 0.05) is 11.5 Å². The van der Waals surface area contributed by atoms with Crippen molar-refractivity contribution in [2.45, 2.75) is 57.8 Å². The largest absolute Gasteiger partial charge is 0.506 e. The lowest BCUT2D eigenvalue weighted by Crippen LogP contribution is -2.03. The molecule has 21 heavy (non-hydrogen) atoms. The van der Waals surface area contributed by atoms with Gasteiger partial charge in [-0.15, -0.1) is 0 Å². The van der Waals surface area contributed by atoms with Crippen LogP contribution in [0.3, 0.4) is 0 Å². The van der Waals surface area contributed by atoms with Gasteiger partial charge in [-0.3, -0.25) is 0 Å². The molecule has 0 heterocycles. The maximum atomic E-state index is 10.5. The van der Waals surface area contributed by atoms with Gasteiger partial charge >= 0.3 is 0 Å². The number of aromatic hydroxyl groups is 2. The van der Waals surface area contributed by atoms with Crippen LogP contribution in [-0.2, 0) is 6.42 Å². The Balaban J connectivity index is 2.40. The average molecular weight is 418 g/mol. The topological polar surface area (TPSA) is 40.5 Å². The van der Waals surface area contributed by atoms with Crippen molar-refractivity contribution in [3.05, 3.63) is 32.2 Å². The molecule has 2 nitrogen and oxygen atoms in total. The van der Waals surface area contributed by atoms with Crippen LogP contribution in [-0.4, -0.2) is 10.2 Å². The summed E-state index contributed by atoms with van der Waals surface area (Å²) in [6.07, 6.45) is 11.5. The van der Waals surface area contributed by atoms with Gasteiger partial charge in [0.2, 0.25) is 0 Å². The molecule has 0 amide bonds. The molecule has 1 atom stereocenters. The summed E-state index contributed by atoms with van der Waals surface area (Å²) < 4.78 is 1.44.